The third-order valence-corrected chi connectivity index (χ3v) is 2.37. The highest BCUT2D eigenvalue weighted by Crippen LogP contribution is 2.32. The molecule has 0 fully saturated rings. The van der Waals surface area contributed by atoms with Crippen molar-refractivity contribution in [1.29, 1.82) is 0 Å². The average molecular weight is 211 g/mol. The van der Waals surface area contributed by atoms with E-state index in [1.807, 2.05) is 13.0 Å². The van der Waals surface area contributed by atoms with Crippen LogP contribution in [0.2, 0.25) is 0 Å². The standard InChI is InChI=1S/C11H17NO3/c1-7-4-10(14-2)11(15-3)5-8(7)9(12)6-13/h4-5,9,13H,6,12H2,1-3H3/t9-/m0/s1. The van der Waals surface area contributed by atoms with Gasteiger partial charge in [-0.2, -0.15) is 0 Å². The molecular formula is C11H17NO3. The molecule has 84 valence electrons. The van der Waals surface area contributed by atoms with E-state index in [9.17, 15) is 0 Å². The molecule has 1 aromatic carbocycles. The van der Waals surface area contributed by atoms with Crippen molar-refractivity contribution < 1.29 is 14.6 Å². The molecule has 1 aromatic rings. The minimum atomic E-state index is -0.384. The summed E-state index contributed by atoms with van der Waals surface area (Å²) in [5, 5.41) is 9.01. The van der Waals surface area contributed by atoms with Crippen LogP contribution in [-0.4, -0.2) is 25.9 Å². The van der Waals surface area contributed by atoms with E-state index in [0.29, 0.717) is 11.5 Å². The number of hydrogen-bond acceptors (Lipinski definition) is 4. The Bertz CT molecular complexity index is 339. The number of aryl methyl sites for hydroxylation is 1. The fourth-order valence-corrected chi connectivity index (χ4v) is 1.49. The summed E-state index contributed by atoms with van der Waals surface area (Å²) < 4.78 is 10.3. The minimum Gasteiger partial charge on any atom is -0.493 e. The SMILES string of the molecule is COc1cc(C)c([C@@H](N)CO)cc1OC. The largest absolute Gasteiger partial charge is 0.493 e. The van der Waals surface area contributed by atoms with Crippen molar-refractivity contribution in [2.24, 2.45) is 5.73 Å². The van der Waals surface area contributed by atoms with Crippen molar-refractivity contribution in [1.82, 2.24) is 0 Å². The number of methoxy groups -OCH3 is 2. The van der Waals surface area contributed by atoms with Crippen molar-refractivity contribution in [3.05, 3.63) is 23.3 Å². The first-order valence-corrected chi connectivity index (χ1v) is 4.73. The molecule has 3 N–H and O–H groups in total. The Morgan fingerprint density at radius 2 is 1.80 bits per heavy atom. The Balaban J connectivity index is 3.19. The van der Waals surface area contributed by atoms with Crippen LogP contribution in [0.1, 0.15) is 17.2 Å². The topological polar surface area (TPSA) is 64.7 Å². The number of hydrogen-bond donors (Lipinski definition) is 2. The van der Waals surface area contributed by atoms with Crippen LogP contribution in [0, 0.1) is 6.92 Å². The first kappa shape index (κ1) is 11.8. The smallest absolute Gasteiger partial charge is 0.161 e. The lowest BCUT2D eigenvalue weighted by molar-refractivity contribution is 0.267. The molecule has 0 aromatic heterocycles. The molecule has 4 heteroatoms. The molecule has 0 aliphatic carbocycles. The summed E-state index contributed by atoms with van der Waals surface area (Å²) in [6.07, 6.45) is 0. The summed E-state index contributed by atoms with van der Waals surface area (Å²) >= 11 is 0. The summed E-state index contributed by atoms with van der Waals surface area (Å²) in [6.45, 7) is 1.84. The van der Waals surface area contributed by atoms with Gasteiger partial charge in [-0.05, 0) is 30.2 Å². The lowest BCUT2D eigenvalue weighted by Crippen LogP contribution is -2.16. The predicted octanol–water partition coefficient (Wildman–Crippen LogP) is 1.00. The third kappa shape index (κ3) is 2.40. The quantitative estimate of drug-likeness (QED) is 0.780. The number of benzene rings is 1. The summed E-state index contributed by atoms with van der Waals surface area (Å²) in [7, 11) is 3.16. The Morgan fingerprint density at radius 3 is 2.27 bits per heavy atom. The summed E-state index contributed by atoms with van der Waals surface area (Å²) in [6, 6.07) is 3.27. The highest BCUT2D eigenvalue weighted by molar-refractivity contribution is 5.48. The predicted molar refractivity (Wildman–Crippen MR) is 58.3 cm³/mol. The van der Waals surface area contributed by atoms with Gasteiger partial charge in [-0.25, -0.2) is 0 Å². The second-order valence-corrected chi connectivity index (χ2v) is 3.35. The Labute approximate surface area is 89.6 Å². The Hall–Kier alpha value is -1.26. The zero-order valence-corrected chi connectivity index (χ0v) is 9.28. The molecule has 0 bridgehead atoms. The summed E-state index contributed by atoms with van der Waals surface area (Å²) in [4.78, 5) is 0. The van der Waals surface area contributed by atoms with Gasteiger partial charge in [0, 0.05) is 0 Å². The van der Waals surface area contributed by atoms with Crippen LogP contribution >= 0.6 is 0 Å². The molecule has 0 amide bonds. The molecular weight excluding hydrogens is 194 g/mol. The van der Waals surface area contributed by atoms with Gasteiger partial charge in [-0.15, -0.1) is 0 Å². The minimum absolute atomic E-state index is 0.0870. The van der Waals surface area contributed by atoms with Crippen molar-refractivity contribution >= 4 is 0 Å². The lowest BCUT2D eigenvalue weighted by atomic mass is 10.0. The van der Waals surface area contributed by atoms with Crippen LogP contribution < -0.4 is 15.2 Å². The maximum Gasteiger partial charge on any atom is 0.161 e. The van der Waals surface area contributed by atoms with E-state index in [4.69, 9.17) is 20.3 Å². The zero-order valence-electron chi connectivity index (χ0n) is 9.28. The van der Waals surface area contributed by atoms with Gasteiger partial charge in [-0.1, -0.05) is 0 Å². The molecule has 0 heterocycles. The molecule has 1 rings (SSSR count). The van der Waals surface area contributed by atoms with Crippen LogP contribution in [0.4, 0.5) is 0 Å². The molecule has 0 unspecified atom stereocenters. The van der Waals surface area contributed by atoms with Gasteiger partial charge in [0.1, 0.15) is 0 Å². The molecule has 0 radical (unpaired) electrons. The maximum atomic E-state index is 9.01. The Kier molecular flexibility index (Phi) is 3.94. The number of rotatable bonds is 4. The molecule has 0 saturated carbocycles. The van der Waals surface area contributed by atoms with E-state index in [1.54, 1.807) is 20.3 Å². The maximum absolute atomic E-state index is 9.01. The number of aliphatic hydroxyl groups excluding tert-OH is 1. The third-order valence-electron chi connectivity index (χ3n) is 2.37. The van der Waals surface area contributed by atoms with E-state index >= 15 is 0 Å². The monoisotopic (exact) mass is 211 g/mol. The van der Waals surface area contributed by atoms with E-state index in [2.05, 4.69) is 0 Å². The van der Waals surface area contributed by atoms with Gasteiger partial charge in [0.05, 0.1) is 26.9 Å². The van der Waals surface area contributed by atoms with E-state index < -0.39 is 0 Å². The van der Waals surface area contributed by atoms with Crippen molar-refractivity contribution in [3.8, 4) is 11.5 Å². The number of nitrogens with two attached hydrogens (primary N) is 1. The second-order valence-electron chi connectivity index (χ2n) is 3.35. The van der Waals surface area contributed by atoms with Crippen LogP contribution in [0.3, 0.4) is 0 Å². The van der Waals surface area contributed by atoms with E-state index in [-0.39, 0.29) is 12.6 Å². The van der Waals surface area contributed by atoms with Gasteiger partial charge < -0.3 is 20.3 Å². The van der Waals surface area contributed by atoms with Gasteiger partial charge in [0.2, 0.25) is 0 Å². The van der Waals surface area contributed by atoms with Gasteiger partial charge >= 0.3 is 0 Å². The van der Waals surface area contributed by atoms with Gasteiger partial charge in [-0.3, -0.25) is 0 Å². The van der Waals surface area contributed by atoms with Crippen LogP contribution in [0.25, 0.3) is 0 Å². The van der Waals surface area contributed by atoms with Crippen LogP contribution in [0.5, 0.6) is 11.5 Å². The van der Waals surface area contributed by atoms with Crippen molar-refractivity contribution in [2.75, 3.05) is 20.8 Å². The molecule has 15 heavy (non-hydrogen) atoms. The molecule has 0 spiro atoms. The first-order chi connectivity index (χ1) is 7.13. The second kappa shape index (κ2) is 5.00. The number of aliphatic hydroxyl groups is 1. The molecule has 4 nitrogen and oxygen atoms in total. The van der Waals surface area contributed by atoms with E-state index in [0.717, 1.165) is 11.1 Å². The summed E-state index contributed by atoms with van der Waals surface area (Å²) in [5.41, 5.74) is 7.62. The molecule has 1 atom stereocenters. The van der Waals surface area contributed by atoms with Crippen LogP contribution in [-0.2, 0) is 0 Å². The molecule has 0 saturated heterocycles. The molecule has 0 aliphatic heterocycles. The fraction of sp³-hybridized carbons (Fsp3) is 0.455. The first-order valence-electron chi connectivity index (χ1n) is 4.73. The average Bonchev–Trinajstić information content (AvgIpc) is 2.27. The zero-order chi connectivity index (χ0) is 11.4. The normalized spacial score (nSPS) is 12.3. The van der Waals surface area contributed by atoms with Crippen LogP contribution in [0.15, 0.2) is 12.1 Å². The Morgan fingerprint density at radius 1 is 1.27 bits per heavy atom. The fourth-order valence-electron chi connectivity index (χ4n) is 1.49. The highest BCUT2D eigenvalue weighted by atomic mass is 16.5. The van der Waals surface area contributed by atoms with Gasteiger partial charge in [0.15, 0.2) is 11.5 Å². The number of ether oxygens (including phenoxy) is 2. The van der Waals surface area contributed by atoms with Crippen molar-refractivity contribution in [2.45, 2.75) is 13.0 Å². The lowest BCUT2D eigenvalue weighted by Gasteiger charge is -2.16. The van der Waals surface area contributed by atoms with E-state index in [1.165, 1.54) is 0 Å². The van der Waals surface area contributed by atoms with Crippen molar-refractivity contribution in [3.63, 3.8) is 0 Å². The highest BCUT2D eigenvalue weighted by Gasteiger charge is 2.13. The van der Waals surface area contributed by atoms with Gasteiger partial charge in [0.25, 0.3) is 0 Å². The molecule has 0 aliphatic rings. The summed E-state index contributed by atoms with van der Waals surface area (Å²) in [5.74, 6) is 1.30.